The van der Waals surface area contributed by atoms with Crippen LogP contribution in [0.5, 0.6) is 5.75 Å². The second kappa shape index (κ2) is 7.19. The molecule has 0 N–H and O–H groups in total. The van der Waals surface area contributed by atoms with Gasteiger partial charge in [-0.05, 0) is 49.1 Å². The van der Waals surface area contributed by atoms with Gasteiger partial charge in [-0.1, -0.05) is 36.4 Å². The molecule has 2 aromatic carbocycles. The third kappa shape index (κ3) is 3.44. The molecular formula is C22H28N2O. The van der Waals surface area contributed by atoms with E-state index in [0.29, 0.717) is 6.04 Å². The van der Waals surface area contributed by atoms with Gasteiger partial charge in [-0.15, -0.1) is 0 Å². The van der Waals surface area contributed by atoms with Crippen molar-refractivity contribution in [3.63, 3.8) is 0 Å². The predicted molar refractivity (Wildman–Crippen MR) is 102 cm³/mol. The molecule has 1 saturated heterocycles. The van der Waals surface area contributed by atoms with Crippen LogP contribution in [0.3, 0.4) is 0 Å². The topological polar surface area (TPSA) is 15.7 Å². The smallest absolute Gasteiger partial charge is 0.123 e. The summed E-state index contributed by atoms with van der Waals surface area (Å²) in [5, 5.41) is 0. The standard InChI is InChI=1S/C22H28N2O/c1-23-11-12-24(16-21(23)17-7-4-3-5-8-17)15-20-13-18-9-6-10-19(18)14-22(20)25-2/h3-5,7-8,13-14,21H,6,9-12,15-16H2,1-2H3. The fraction of sp³-hybridized carbons (Fsp3) is 0.455. The summed E-state index contributed by atoms with van der Waals surface area (Å²) in [6.07, 6.45) is 3.71. The summed E-state index contributed by atoms with van der Waals surface area (Å²) in [5.41, 5.74) is 5.78. The summed E-state index contributed by atoms with van der Waals surface area (Å²) >= 11 is 0. The van der Waals surface area contributed by atoms with Gasteiger partial charge in [0.15, 0.2) is 0 Å². The summed E-state index contributed by atoms with van der Waals surface area (Å²) in [6.45, 7) is 4.27. The Bertz CT molecular complexity index is 728. The molecule has 0 saturated carbocycles. The van der Waals surface area contributed by atoms with Crippen molar-refractivity contribution in [2.24, 2.45) is 0 Å². The number of fused-ring (bicyclic) bond motifs is 1. The molecule has 1 fully saturated rings. The number of ether oxygens (including phenoxy) is 1. The molecule has 132 valence electrons. The Balaban J connectivity index is 1.53. The summed E-state index contributed by atoms with van der Waals surface area (Å²) in [7, 11) is 4.04. The van der Waals surface area contributed by atoms with Crippen molar-refractivity contribution in [2.45, 2.75) is 31.8 Å². The zero-order chi connectivity index (χ0) is 17.2. The van der Waals surface area contributed by atoms with Gasteiger partial charge in [-0.25, -0.2) is 0 Å². The van der Waals surface area contributed by atoms with E-state index in [1.54, 1.807) is 7.11 Å². The van der Waals surface area contributed by atoms with Gasteiger partial charge in [0.2, 0.25) is 0 Å². The van der Waals surface area contributed by atoms with Crippen LogP contribution in [0.1, 0.15) is 34.7 Å². The van der Waals surface area contributed by atoms with Crippen LogP contribution in [0, 0.1) is 0 Å². The molecule has 4 rings (SSSR count). The van der Waals surface area contributed by atoms with Gasteiger partial charge in [-0.2, -0.15) is 0 Å². The second-order valence-corrected chi connectivity index (χ2v) is 7.43. The van der Waals surface area contributed by atoms with Gasteiger partial charge in [0.25, 0.3) is 0 Å². The van der Waals surface area contributed by atoms with Gasteiger partial charge >= 0.3 is 0 Å². The van der Waals surface area contributed by atoms with E-state index in [4.69, 9.17) is 4.74 Å². The molecule has 1 atom stereocenters. The highest BCUT2D eigenvalue weighted by molar-refractivity contribution is 5.44. The van der Waals surface area contributed by atoms with Crippen molar-refractivity contribution < 1.29 is 4.74 Å². The predicted octanol–water partition coefficient (Wildman–Crippen LogP) is 3.67. The van der Waals surface area contributed by atoms with Crippen molar-refractivity contribution in [3.8, 4) is 5.75 Å². The molecule has 0 radical (unpaired) electrons. The van der Waals surface area contributed by atoms with Crippen LogP contribution >= 0.6 is 0 Å². The molecule has 1 heterocycles. The Labute approximate surface area is 151 Å². The number of likely N-dealkylation sites (N-methyl/N-ethyl adjacent to an activating group) is 1. The number of nitrogens with zero attached hydrogens (tertiary/aromatic N) is 2. The molecule has 0 spiro atoms. The van der Waals surface area contributed by atoms with E-state index in [0.717, 1.165) is 31.9 Å². The van der Waals surface area contributed by atoms with Gasteiger partial charge in [0.1, 0.15) is 5.75 Å². The van der Waals surface area contributed by atoms with E-state index in [9.17, 15) is 0 Å². The Hall–Kier alpha value is -1.84. The van der Waals surface area contributed by atoms with Gasteiger partial charge in [-0.3, -0.25) is 9.80 Å². The van der Waals surface area contributed by atoms with Crippen LogP contribution in [0.2, 0.25) is 0 Å². The van der Waals surface area contributed by atoms with Crippen LogP contribution in [0.25, 0.3) is 0 Å². The van der Waals surface area contributed by atoms with E-state index in [2.05, 4.69) is 59.3 Å². The van der Waals surface area contributed by atoms with E-state index in [1.165, 1.54) is 41.5 Å². The number of hydrogen-bond acceptors (Lipinski definition) is 3. The molecule has 3 nitrogen and oxygen atoms in total. The zero-order valence-corrected chi connectivity index (χ0v) is 15.4. The lowest BCUT2D eigenvalue weighted by atomic mass is 10.0. The Morgan fingerprint density at radius 2 is 1.80 bits per heavy atom. The summed E-state index contributed by atoms with van der Waals surface area (Å²) < 4.78 is 5.71. The summed E-state index contributed by atoms with van der Waals surface area (Å²) in [6, 6.07) is 16.0. The maximum Gasteiger partial charge on any atom is 0.123 e. The maximum atomic E-state index is 5.71. The highest BCUT2D eigenvalue weighted by atomic mass is 16.5. The van der Waals surface area contributed by atoms with Gasteiger partial charge in [0, 0.05) is 37.8 Å². The number of aryl methyl sites for hydroxylation is 2. The Kier molecular flexibility index (Phi) is 4.78. The van der Waals surface area contributed by atoms with E-state index in [1.807, 2.05) is 0 Å². The van der Waals surface area contributed by atoms with E-state index in [-0.39, 0.29) is 0 Å². The van der Waals surface area contributed by atoms with Crippen molar-refractivity contribution in [1.29, 1.82) is 0 Å². The molecule has 1 aliphatic heterocycles. The van der Waals surface area contributed by atoms with Crippen molar-refractivity contribution in [2.75, 3.05) is 33.8 Å². The molecule has 0 bridgehead atoms. The van der Waals surface area contributed by atoms with Crippen LogP contribution in [-0.2, 0) is 19.4 Å². The van der Waals surface area contributed by atoms with E-state index < -0.39 is 0 Å². The number of hydrogen-bond donors (Lipinski definition) is 0. The highest BCUT2D eigenvalue weighted by Gasteiger charge is 2.26. The lowest BCUT2D eigenvalue weighted by Crippen LogP contribution is -2.46. The minimum Gasteiger partial charge on any atom is -0.496 e. The van der Waals surface area contributed by atoms with Crippen LogP contribution < -0.4 is 4.74 Å². The summed E-state index contributed by atoms with van der Waals surface area (Å²) in [4.78, 5) is 5.06. The normalized spacial score (nSPS) is 21.3. The first-order chi connectivity index (χ1) is 12.2. The molecular weight excluding hydrogens is 308 g/mol. The average Bonchev–Trinajstić information content (AvgIpc) is 3.10. The minimum absolute atomic E-state index is 0.468. The molecule has 2 aromatic rings. The number of rotatable bonds is 4. The average molecular weight is 336 g/mol. The number of methoxy groups -OCH3 is 1. The van der Waals surface area contributed by atoms with Crippen molar-refractivity contribution in [3.05, 3.63) is 64.7 Å². The first-order valence-corrected chi connectivity index (χ1v) is 9.41. The summed E-state index contributed by atoms with van der Waals surface area (Å²) in [5.74, 6) is 1.07. The zero-order valence-electron chi connectivity index (χ0n) is 15.4. The Morgan fingerprint density at radius 1 is 1.04 bits per heavy atom. The lowest BCUT2D eigenvalue weighted by molar-refractivity contribution is 0.0899. The van der Waals surface area contributed by atoms with Gasteiger partial charge < -0.3 is 4.74 Å². The molecule has 2 aliphatic rings. The largest absolute Gasteiger partial charge is 0.496 e. The number of piperazine rings is 1. The molecule has 3 heteroatoms. The van der Waals surface area contributed by atoms with Gasteiger partial charge in [0.05, 0.1) is 7.11 Å². The quantitative estimate of drug-likeness (QED) is 0.847. The minimum atomic E-state index is 0.468. The first-order valence-electron chi connectivity index (χ1n) is 9.41. The van der Waals surface area contributed by atoms with Crippen LogP contribution in [0.15, 0.2) is 42.5 Å². The Morgan fingerprint density at radius 3 is 2.56 bits per heavy atom. The third-order valence-electron chi connectivity index (χ3n) is 5.81. The van der Waals surface area contributed by atoms with E-state index >= 15 is 0 Å². The highest BCUT2D eigenvalue weighted by Crippen LogP contribution is 2.32. The molecule has 1 aliphatic carbocycles. The lowest BCUT2D eigenvalue weighted by Gasteiger charge is -2.40. The van der Waals surface area contributed by atoms with Crippen LogP contribution in [-0.4, -0.2) is 43.6 Å². The van der Waals surface area contributed by atoms with Crippen molar-refractivity contribution in [1.82, 2.24) is 9.80 Å². The second-order valence-electron chi connectivity index (χ2n) is 7.43. The third-order valence-corrected chi connectivity index (χ3v) is 5.81. The molecule has 0 aromatic heterocycles. The fourth-order valence-electron chi connectivity index (χ4n) is 4.32. The van der Waals surface area contributed by atoms with Crippen molar-refractivity contribution >= 4 is 0 Å². The number of benzene rings is 2. The van der Waals surface area contributed by atoms with Crippen LogP contribution in [0.4, 0.5) is 0 Å². The SMILES string of the molecule is COc1cc2c(cc1CN1CCN(C)C(c3ccccc3)C1)CCC2. The fourth-order valence-corrected chi connectivity index (χ4v) is 4.32. The first kappa shape index (κ1) is 16.6. The monoisotopic (exact) mass is 336 g/mol. The molecule has 1 unspecified atom stereocenters. The molecule has 0 amide bonds. The maximum absolute atomic E-state index is 5.71. The molecule has 25 heavy (non-hydrogen) atoms.